The van der Waals surface area contributed by atoms with Crippen LogP contribution in [0.15, 0.2) is 54.6 Å². The van der Waals surface area contributed by atoms with E-state index in [9.17, 15) is 0 Å². The molecule has 1 atom stereocenters. The SMILES string of the molecule is c1ccc2cc3c([C@@H]4CO4)cccc3cc2c1. The summed E-state index contributed by atoms with van der Waals surface area (Å²) in [6.45, 7) is 0.867. The smallest absolute Gasteiger partial charge is 0.107 e. The number of hydrogen-bond donors (Lipinski definition) is 0. The highest BCUT2D eigenvalue weighted by molar-refractivity contribution is 5.99. The van der Waals surface area contributed by atoms with Crippen LogP contribution in [0.5, 0.6) is 0 Å². The first-order valence-corrected chi connectivity index (χ1v) is 5.95. The molecule has 3 aromatic rings. The first-order chi connectivity index (χ1) is 8.42. The Morgan fingerprint density at radius 3 is 2.29 bits per heavy atom. The third kappa shape index (κ3) is 1.43. The van der Waals surface area contributed by atoms with Crippen LogP contribution in [0.2, 0.25) is 0 Å². The van der Waals surface area contributed by atoms with Gasteiger partial charge in [0, 0.05) is 0 Å². The van der Waals surface area contributed by atoms with Crippen LogP contribution in [0.25, 0.3) is 21.5 Å². The lowest BCUT2D eigenvalue weighted by molar-refractivity contribution is 0.417. The quantitative estimate of drug-likeness (QED) is 0.445. The van der Waals surface area contributed by atoms with E-state index in [-0.39, 0.29) is 0 Å². The predicted molar refractivity (Wildman–Crippen MR) is 70.1 cm³/mol. The molecule has 1 heteroatoms. The van der Waals surface area contributed by atoms with Crippen LogP contribution < -0.4 is 0 Å². The van der Waals surface area contributed by atoms with E-state index in [1.807, 2.05) is 0 Å². The molecule has 0 amide bonds. The van der Waals surface area contributed by atoms with E-state index in [0.717, 1.165) is 6.61 Å². The van der Waals surface area contributed by atoms with Crippen LogP contribution in [0.3, 0.4) is 0 Å². The van der Waals surface area contributed by atoms with E-state index >= 15 is 0 Å². The van der Waals surface area contributed by atoms with Gasteiger partial charge in [0.15, 0.2) is 0 Å². The first-order valence-electron chi connectivity index (χ1n) is 5.95. The molecular weight excluding hydrogens is 208 g/mol. The van der Waals surface area contributed by atoms with Gasteiger partial charge in [-0.1, -0.05) is 42.5 Å². The van der Waals surface area contributed by atoms with E-state index in [1.165, 1.54) is 27.1 Å². The maximum absolute atomic E-state index is 5.41. The second-order valence-electron chi connectivity index (χ2n) is 4.59. The lowest BCUT2D eigenvalue weighted by atomic mass is 9.98. The molecule has 1 saturated heterocycles. The molecule has 0 aromatic heterocycles. The molecule has 17 heavy (non-hydrogen) atoms. The number of ether oxygens (including phenoxy) is 1. The minimum atomic E-state index is 0.319. The largest absolute Gasteiger partial charge is 0.368 e. The molecule has 0 unspecified atom stereocenters. The standard InChI is InChI=1S/C16H12O/c1-2-5-12-9-15-13(8-11(12)4-1)6-3-7-14(15)16-10-17-16/h1-9,16H,10H2/t16-/m0/s1. The summed E-state index contributed by atoms with van der Waals surface area (Å²) in [7, 11) is 0. The van der Waals surface area contributed by atoms with Gasteiger partial charge < -0.3 is 4.74 Å². The fourth-order valence-corrected chi connectivity index (χ4v) is 2.50. The van der Waals surface area contributed by atoms with Gasteiger partial charge in [-0.15, -0.1) is 0 Å². The molecule has 0 radical (unpaired) electrons. The number of fused-ring (bicyclic) bond motifs is 2. The molecule has 1 heterocycles. The number of benzene rings is 3. The van der Waals surface area contributed by atoms with Crippen LogP contribution in [0.1, 0.15) is 11.7 Å². The fourth-order valence-electron chi connectivity index (χ4n) is 2.50. The van der Waals surface area contributed by atoms with Crippen molar-refractivity contribution in [1.29, 1.82) is 0 Å². The van der Waals surface area contributed by atoms with E-state index in [0.29, 0.717) is 6.10 Å². The fraction of sp³-hybridized carbons (Fsp3) is 0.125. The molecule has 0 N–H and O–H groups in total. The maximum Gasteiger partial charge on any atom is 0.107 e. The lowest BCUT2D eigenvalue weighted by Crippen LogP contribution is -1.84. The second-order valence-corrected chi connectivity index (χ2v) is 4.59. The van der Waals surface area contributed by atoms with Gasteiger partial charge in [-0.25, -0.2) is 0 Å². The van der Waals surface area contributed by atoms with Crippen molar-refractivity contribution in [2.24, 2.45) is 0 Å². The highest BCUT2D eigenvalue weighted by Crippen LogP contribution is 2.36. The van der Waals surface area contributed by atoms with E-state index < -0.39 is 0 Å². The Morgan fingerprint density at radius 1 is 0.824 bits per heavy atom. The van der Waals surface area contributed by atoms with Crippen molar-refractivity contribution >= 4 is 21.5 Å². The Kier molecular flexibility index (Phi) is 1.79. The van der Waals surface area contributed by atoms with E-state index in [1.54, 1.807) is 0 Å². The zero-order valence-corrected chi connectivity index (χ0v) is 9.39. The normalized spacial score (nSPS) is 18.7. The molecule has 3 aromatic carbocycles. The highest BCUT2D eigenvalue weighted by Gasteiger charge is 2.26. The van der Waals surface area contributed by atoms with Gasteiger partial charge in [0.25, 0.3) is 0 Å². The average Bonchev–Trinajstić information content (AvgIpc) is 3.20. The van der Waals surface area contributed by atoms with Gasteiger partial charge in [-0.05, 0) is 39.2 Å². The number of epoxide rings is 1. The lowest BCUT2D eigenvalue weighted by Gasteiger charge is -2.06. The molecule has 1 nitrogen and oxygen atoms in total. The summed E-state index contributed by atoms with van der Waals surface area (Å²) in [4.78, 5) is 0. The monoisotopic (exact) mass is 220 g/mol. The molecule has 1 fully saturated rings. The number of hydrogen-bond acceptors (Lipinski definition) is 1. The molecule has 0 aliphatic carbocycles. The summed E-state index contributed by atoms with van der Waals surface area (Å²) in [5.41, 5.74) is 1.33. The molecule has 82 valence electrons. The Hall–Kier alpha value is -1.86. The van der Waals surface area contributed by atoms with Crippen LogP contribution in [0.4, 0.5) is 0 Å². The van der Waals surface area contributed by atoms with Crippen molar-refractivity contribution in [3.8, 4) is 0 Å². The summed E-state index contributed by atoms with van der Waals surface area (Å²) in [6.07, 6.45) is 0.319. The molecule has 1 aliphatic heterocycles. The molecule has 4 rings (SSSR count). The molecular formula is C16H12O. The predicted octanol–water partition coefficient (Wildman–Crippen LogP) is 4.06. The molecule has 0 bridgehead atoms. The van der Waals surface area contributed by atoms with Gasteiger partial charge >= 0.3 is 0 Å². The summed E-state index contributed by atoms with van der Waals surface area (Å²) in [5.74, 6) is 0. The van der Waals surface area contributed by atoms with Gasteiger partial charge in [-0.3, -0.25) is 0 Å². The maximum atomic E-state index is 5.41. The average molecular weight is 220 g/mol. The Morgan fingerprint density at radius 2 is 1.53 bits per heavy atom. The second kappa shape index (κ2) is 3.31. The van der Waals surface area contributed by atoms with Crippen molar-refractivity contribution < 1.29 is 4.74 Å². The molecule has 1 aliphatic rings. The van der Waals surface area contributed by atoms with Crippen molar-refractivity contribution in [3.63, 3.8) is 0 Å². The van der Waals surface area contributed by atoms with Crippen LogP contribution in [-0.4, -0.2) is 6.61 Å². The van der Waals surface area contributed by atoms with Crippen molar-refractivity contribution in [1.82, 2.24) is 0 Å². The van der Waals surface area contributed by atoms with Gasteiger partial charge in [0.1, 0.15) is 6.10 Å². The Labute approximate surface area is 99.6 Å². The topological polar surface area (TPSA) is 12.5 Å². The Balaban J connectivity index is 2.12. The Bertz CT molecular complexity index is 711. The molecule has 0 spiro atoms. The van der Waals surface area contributed by atoms with E-state index in [4.69, 9.17) is 4.74 Å². The summed E-state index contributed by atoms with van der Waals surface area (Å²) in [6, 6.07) is 19.5. The third-order valence-corrected chi connectivity index (χ3v) is 3.46. The van der Waals surface area contributed by atoms with E-state index in [2.05, 4.69) is 54.6 Å². The summed E-state index contributed by atoms with van der Waals surface area (Å²) >= 11 is 0. The van der Waals surface area contributed by atoms with Crippen LogP contribution in [-0.2, 0) is 4.74 Å². The van der Waals surface area contributed by atoms with Crippen LogP contribution >= 0.6 is 0 Å². The van der Waals surface area contributed by atoms with Crippen LogP contribution in [0, 0.1) is 0 Å². The zero-order valence-electron chi connectivity index (χ0n) is 9.39. The highest BCUT2D eigenvalue weighted by atomic mass is 16.6. The molecule has 0 saturated carbocycles. The van der Waals surface area contributed by atoms with Gasteiger partial charge in [0.05, 0.1) is 6.61 Å². The first kappa shape index (κ1) is 9.20. The minimum Gasteiger partial charge on any atom is -0.368 e. The number of rotatable bonds is 1. The summed E-state index contributed by atoms with van der Waals surface area (Å²) in [5, 5.41) is 5.23. The van der Waals surface area contributed by atoms with Crippen molar-refractivity contribution in [3.05, 3.63) is 60.2 Å². The summed E-state index contributed by atoms with van der Waals surface area (Å²) < 4.78 is 5.41. The van der Waals surface area contributed by atoms with Crippen molar-refractivity contribution in [2.75, 3.05) is 6.61 Å². The van der Waals surface area contributed by atoms with Gasteiger partial charge in [0.2, 0.25) is 0 Å². The third-order valence-electron chi connectivity index (χ3n) is 3.46. The van der Waals surface area contributed by atoms with Gasteiger partial charge in [-0.2, -0.15) is 0 Å². The zero-order chi connectivity index (χ0) is 11.2. The minimum absolute atomic E-state index is 0.319. The van der Waals surface area contributed by atoms with Crippen molar-refractivity contribution in [2.45, 2.75) is 6.10 Å².